The molecule has 6 nitrogen and oxygen atoms in total. The van der Waals surface area contributed by atoms with Crippen LogP contribution in [0.3, 0.4) is 0 Å². The Morgan fingerprint density at radius 2 is 1.70 bits per heavy atom. The third-order valence-corrected chi connectivity index (χ3v) is 3.38. The second-order valence-electron chi connectivity index (χ2n) is 5.14. The molecule has 1 aliphatic heterocycles. The first-order chi connectivity index (χ1) is 9.49. The maximum absolute atomic E-state index is 12.3. The van der Waals surface area contributed by atoms with E-state index in [4.69, 9.17) is 0 Å². The lowest BCUT2D eigenvalue weighted by molar-refractivity contribution is 0.0650. The number of urea groups is 1. The predicted octanol–water partition coefficient (Wildman–Crippen LogP) is 0.829. The molecular weight excluding hydrogens is 256 g/mol. The van der Waals surface area contributed by atoms with Crippen LogP contribution in [0, 0.1) is 6.92 Å². The van der Waals surface area contributed by atoms with Crippen LogP contribution in [0.4, 0.5) is 4.79 Å². The van der Waals surface area contributed by atoms with Crippen molar-refractivity contribution in [1.82, 2.24) is 19.7 Å². The van der Waals surface area contributed by atoms with Crippen molar-refractivity contribution < 1.29 is 9.59 Å². The van der Waals surface area contributed by atoms with Crippen LogP contribution < -0.4 is 0 Å². The van der Waals surface area contributed by atoms with E-state index in [1.54, 1.807) is 41.1 Å². The van der Waals surface area contributed by atoms with Crippen molar-refractivity contribution in [3.8, 4) is 0 Å². The summed E-state index contributed by atoms with van der Waals surface area (Å²) in [5.41, 5.74) is 1.49. The minimum absolute atomic E-state index is 0.00546. The van der Waals surface area contributed by atoms with Gasteiger partial charge in [-0.05, 0) is 19.1 Å². The summed E-state index contributed by atoms with van der Waals surface area (Å²) in [5.74, 6) is -0.0190. The van der Waals surface area contributed by atoms with E-state index in [2.05, 4.69) is 4.98 Å². The molecule has 2 heterocycles. The van der Waals surface area contributed by atoms with E-state index in [9.17, 15) is 9.59 Å². The van der Waals surface area contributed by atoms with Crippen LogP contribution in [0.15, 0.2) is 18.3 Å². The summed E-state index contributed by atoms with van der Waals surface area (Å²) < 4.78 is 0. The van der Waals surface area contributed by atoms with Crippen LogP contribution in [-0.4, -0.2) is 71.9 Å². The summed E-state index contributed by atoms with van der Waals surface area (Å²) in [6, 6.07) is 3.62. The van der Waals surface area contributed by atoms with Gasteiger partial charge in [-0.3, -0.25) is 9.78 Å². The fourth-order valence-electron chi connectivity index (χ4n) is 2.16. The Hall–Kier alpha value is -2.11. The van der Waals surface area contributed by atoms with E-state index in [1.165, 1.54) is 0 Å². The predicted molar refractivity (Wildman–Crippen MR) is 75.5 cm³/mol. The highest BCUT2D eigenvalue weighted by Gasteiger charge is 2.25. The zero-order valence-electron chi connectivity index (χ0n) is 12.2. The lowest BCUT2D eigenvalue weighted by Gasteiger charge is -2.35. The van der Waals surface area contributed by atoms with Gasteiger partial charge in [0.2, 0.25) is 0 Å². The Morgan fingerprint density at radius 1 is 1.10 bits per heavy atom. The zero-order chi connectivity index (χ0) is 14.7. The largest absolute Gasteiger partial charge is 0.335 e. The molecular formula is C14H20N4O2. The van der Waals surface area contributed by atoms with Crippen LogP contribution in [0.5, 0.6) is 0 Å². The van der Waals surface area contributed by atoms with Gasteiger partial charge in [0, 0.05) is 52.2 Å². The molecule has 2 rings (SSSR count). The van der Waals surface area contributed by atoms with Crippen LogP contribution >= 0.6 is 0 Å². The first-order valence-electron chi connectivity index (χ1n) is 6.67. The topological polar surface area (TPSA) is 56.8 Å². The van der Waals surface area contributed by atoms with Crippen molar-refractivity contribution in [2.45, 2.75) is 6.92 Å². The van der Waals surface area contributed by atoms with Crippen molar-refractivity contribution >= 4 is 11.9 Å². The third-order valence-electron chi connectivity index (χ3n) is 3.38. The molecule has 0 N–H and O–H groups in total. The standard InChI is InChI=1S/C14H20N4O2/c1-11-4-5-12(10-15-11)13(19)17-6-8-18(9-7-17)14(20)16(2)3/h4-5,10H,6-9H2,1-3H3. The summed E-state index contributed by atoms with van der Waals surface area (Å²) in [5, 5.41) is 0. The van der Waals surface area contributed by atoms with E-state index in [0.717, 1.165) is 5.69 Å². The van der Waals surface area contributed by atoms with E-state index < -0.39 is 0 Å². The van der Waals surface area contributed by atoms with Gasteiger partial charge in [-0.1, -0.05) is 0 Å². The lowest BCUT2D eigenvalue weighted by Crippen LogP contribution is -2.52. The molecule has 0 atom stereocenters. The number of amides is 3. The molecule has 3 amide bonds. The molecule has 1 aliphatic rings. The average Bonchev–Trinajstić information content (AvgIpc) is 2.46. The normalized spacial score (nSPS) is 15.2. The van der Waals surface area contributed by atoms with Crippen LogP contribution in [0.1, 0.15) is 16.1 Å². The van der Waals surface area contributed by atoms with Gasteiger partial charge in [-0.2, -0.15) is 0 Å². The molecule has 1 aromatic rings. The smallest absolute Gasteiger partial charge is 0.319 e. The molecule has 6 heteroatoms. The minimum Gasteiger partial charge on any atom is -0.335 e. The second-order valence-corrected chi connectivity index (χ2v) is 5.14. The SMILES string of the molecule is Cc1ccc(C(=O)N2CCN(C(=O)N(C)C)CC2)cn1. The number of aryl methyl sites for hydroxylation is 1. The molecule has 20 heavy (non-hydrogen) atoms. The summed E-state index contributed by atoms with van der Waals surface area (Å²) >= 11 is 0. The minimum atomic E-state index is -0.0190. The molecule has 0 aliphatic carbocycles. The molecule has 0 radical (unpaired) electrons. The molecule has 0 saturated carbocycles. The summed E-state index contributed by atoms with van der Waals surface area (Å²) in [6.45, 7) is 4.16. The van der Waals surface area contributed by atoms with Gasteiger partial charge in [0.1, 0.15) is 0 Å². The summed E-state index contributed by atoms with van der Waals surface area (Å²) in [4.78, 5) is 33.3. The van der Waals surface area contributed by atoms with E-state index in [1.807, 2.05) is 13.0 Å². The third kappa shape index (κ3) is 3.07. The maximum atomic E-state index is 12.3. The van der Waals surface area contributed by atoms with Crippen LogP contribution in [-0.2, 0) is 0 Å². The van der Waals surface area contributed by atoms with E-state index >= 15 is 0 Å². The number of rotatable bonds is 1. The monoisotopic (exact) mass is 276 g/mol. The van der Waals surface area contributed by atoms with Gasteiger partial charge in [0.25, 0.3) is 5.91 Å². The molecule has 1 saturated heterocycles. The van der Waals surface area contributed by atoms with Crippen molar-refractivity contribution in [2.24, 2.45) is 0 Å². The van der Waals surface area contributed by atoms with Crippen molar-refractivity contribution in [1.29, 1.82) is 0 Å². The zero-order valence-corrected chi connectivity index (χ0v) is 12.2. The first-order valence-corrected chi connectivity index (χ1v) is 6.67. The fourth-order valence-corrected chi connectivity index (χ4v) is 2.16. The van der Waals surface area contributed by atoms with Crippen molar-refractivity contribution in [2.75, 3.05) is 40.3 Å². The first kappa shape index (κ1) is 14.3. The highest BCUT2D eigenvalue weighted by Crippen LogP contribution is 2.09. The number of piperazine rings is 1. The number of hydrogen-bond donors (Lipinski definition) is 0. The van der Waals surface area contributed by atoms with Gasteiger partial charge in [-0.25, -0.2) is 4.79 Å². The Kier molecular flexibility index (Phi) is 4.22. The van der Waals surface area contributed by atoms with Gasteiger partial charge in [0.15, 0.2) is 0 Å². The van der Waals surface area contributed by atoms with Crippen molar-refractivity contribution in [3.63, 3.8) is 0 Å². The Bertz CT molecular complexity index is 490. The molecule has 1 fully saturated rings. The van der Waals surface area contributed by atoms with Gasteiger partial charge in [0.05, 0.1) is 5.56 Å². The number of aromatic nitrogens is 1. The number of carbonyl (C=O) groups is 2. The molecule has 108 valence electrons. The second kappa shape index (κ2) is 5.90. The Balaban J connectivity index is 1.95. The van der Waals surface area contributed by atoms with Crippen molar-refractivity contribution in [3.05, 3.63) is 29.6 Å². The highest BCUT2D eigenvalue weighted by molar-refractivity contribution is 5.94. The Labute approximate surface area is 119 Å². The molecule has 1 aromatic heterocycles. The molecule has 0 bridgehead atoms. The van der Waals surface area contributed by atoms with Gasteiger partial charge >= 0.3 is 6.03 Å². The number of pyridine rings is 1. The lowest BCUT2D eigenvalue weighted by atomic mass is 10.2. The fraction of sp³-hybridized carbons (Fsp3) is 0.500. The van der Waals surface area contributed by atoms with Crippen LogP contribution in [0.2, 0.25) is 0 Å². The molecule has 0 spiro atoms. The highest BCUT2D eigenvalue weighted by atomic mass is 16.2. The Morgan fingerprint density at radius 3 is 2.20 bits per heavy atom. The van der Waals surface area contributed by atoms with E-state index in [0.29, 0.717) is 31.7 Å². The molecule has 0 aromatic carbocycles. The average molecular weight is 276 g/mol. The van der Waals surface area contributed by atoms with Gasteiger partial charge in [-0.15, -0.1) is 0 Å². The number of hydrogen-bond acceptors (Lipinski definition) is 3. The summed E-state index contributed by atoms with van der Waals surface area (Å²) in [6.07, 6.45) is 1.61. The van der Waals surface area contributed by atoms with Gasteiger partial charge < -0.3 is 14.7 Å². The molecule has 0 unspecified atom stereocenters. The maximum Gasteiger partial charge on any atom is 0.319 e. The number of nitrogens with zero attached hydrogens (tertiary/aromatic N) is 4. The number of carbonyl (C=O) groups excluding carboxylic acids is 2. The summed E-state index contributed by atoms with van der Waals surface area (Å²) in [7, 11) is 3.47. The van der Waals surface area contributed by atoms with Crippen LogP contribution in [0.25, 0.3) is 0 Å². The quantitative estimate of drug-likeness (QED) is 0.763. The van der Waals surface area contributed by atoms with E-state index in [-0.39, 0.29) is 11.9 Å².